The van der Waals surface area contributed by atoms with E-state index in [0.29, 0.717) is 5.69 Å². The number of carbonyl (C=O) groups excluding carboxylic acids is 5. The largest absolute Gasteiger partial charge is 0.528 e. The van der Waals surface area contributed by atoms with Gasteiger partial charge in [-0.15, -0.1) is 5.06 Å². The van der Waals surface area contributed by atoms with E-state index < -0.39 is 35.4 Å². The molecular weight excluding hydrogens is 574 g/mol. The van der Waals surface area contributed by atoms with Crippen LogP contribution in [-0.2, 0) is 28.7 Å². The van der Waals surface area contributed by atoms with Gasteiger partial charge < -0.3 is 29.3 Å². The standard InChI is InChI=1S/C30H39N5O9/c1-30(2,3)24(36)19-42-25-18-23(32-35(25)20-8-6-5-7-9-20)27(38)31-22(12-13-26(37)41-4)28(39)33-14-16-34(17-15-33)44-29(40)43-21-10-11-21/h5-9,18,21-22H,10-17,19H2,1-4H3,(H,31,38)/t22-/m0/s1. The molecule has 2 aromatic rings. The van der Waals surface area contributed by atoms with Crippen LogP contribution in [0.5, 0.6) is 5.88 Å². The summed E-state index contributed by atoms with van der Waals surface area (Å²) < 4.78 is 17.0. The third kappa shape index (κ3) is 9.02. The van der Waals surface area contributed by atoms with Gasteiger partial charge in [-0.25, -0.2) is 9.48 Å². The summed E-state index contributed by atoms with van der Waals surface area (Å²) in [6.07, 6.45) is 0.686. The third-order valence-corrected chi connectivity index (χ3v) is 7.11. The second-order valence-electron chi connectivity index (χ2n) is 11.6. The average Bonchev–Trinajstić information content (AvgIpc) is 3.71. The molecule has 14 heteroatoms. The van der Waals surface area contributed by atoms with Crippen molar-refractivity contribution >= 4 is 29.7 Å². The van der Waals surface area contributed by atoms with Crippen molar-refractivity contribution in [3.8, 4) is 11.6 Å². The maximum atomic E-state index is 13.5. The lowest BCUT2D eigenvalue weighted by Gasteiger charge is -2.35. The molecule has 4 rings (SSSR count). The number of amides is 2. The fraction of sp³-hybridized carbons (Fsp3) is 0.533. The van der Waals surface area contributed by atoms with Crippen LogP contribution in [0.2, 0.25) is 0 Å². The van der Waals surface area contributed by atoms with Crippen LogP contribution < -0.4 is 10.1 Å². The average molecular weight is 614 g/mol. The molecule has 2 aliphatic rings. The zero-order chi connectivity index (χ0) is 31.9. The fourth-order valence-electron chi connectivity index (χ4n) is 4.21. The van der Waals surface area contributed by atoms with Crippen LogP contribution in [0, 0.1) is 5.41 Å². The number of hydroxylamine groups is 2. The Bertz CT molecular complexity index is 1340. The number of hydrogen-bond donors (Lipinski definition) is 1. The van der Waals surface area contributed by atoms with E-state index in [9.17, 15) is 24.0 Å². The van der Waals surface area contributed by atoms with Crippen molar-refractivity contribution in [1.29, 1.82) is 0 Å². The van der Waals surface area contributed by atoms with Crippen LogP contribution in [0.4, 0.5) is 4.79 Å². The van der Waals surface area contributed by atoms with Gasteiger partial charge >= 0.3 is 12.1 Å². The molecule has 238 valence electrons. The van der Waals surface area contributed by atoms with E-state index in [1.54, 1.807) is 45.0 Å². The first-order valence-electron chi connectivity index (χ1n) is 14.6. The van der Waals surface area contributed by atoms with E-state index in [1.807, 2.05) is 6.07 Å². The molecule has 2 amide bonds. The highest BCUT2D eigenvalue weighted by molar-refractivity contribution is 5.96. The normalized spacial score (nSPS) is 16.0. The Morgan fingerprint density at radius 2 is 1.70 bits per heavy atom. The number of para-hydroxylation sites is 1. The summed E-state index contributed by atoms with van der Waals surface area (Å²) >= 11 is 0. The molecule has 1 aliphatic carbocycles. The predicted molar refractivity (Wildman–Crippen MR) is 155 cm³/mol. The molecule has 2 heterocycles. The van der Waals surface area contributed by atoms with Gasteiger partial charge in [0.15, 0.2) is 11.5 Å². The van der Waals surface area contributed by atoms with E-state index >= 15 is 0 Å². The molecule has 2 fully saturated rings. The van der Waals surface area contributed by atoms with Crippen molar-refractivity contribution in [1.82, 2.24) is 25.1 Å². The summed E-state index contributed by atoms with van der Waals surface area (Å²) in [6.45, 7) is 6.08. The number of esters is 1. The van der Waals surface area contributed by atoms with E-state index in [2.05, 4.69) is 10.4 Å². The van der Waals surface area contributed by atoms with E-state index in [-0.39, 0.29) is 69.1 Å². The lowest BCUT2D eigenvalue weighted by atomic mass is 9.91. The summed E-state index contributed by atoms with van der Waals surface area (Å²) in [6, 6.07) is 9.29. The SMILES string of the molecule is COC(=O)CC[C@H](NC(=O)c1cc(OCC(=O)C(C)(C)C)n(-c2ccccc2)n1)C(=O)N1CCN(OC(=O)OC2CC2)CC1. The quantitative estimate of drug-likeness (QED) is 0.350. The highest BCUT2D eigenvalue weighted by atomic mass is 16.8. The molecule has 0 unspecified atom stereocenters. The van der Waals surface area contributed by atoms with Gasteiger partial charge in [0.05, 0.1) is 25.9 Å². The number of hydrogen-bond acceptors (Lipinski definition) is 11. The van der Waals surface area contributed by atoms with Crippen molar-refractivity contribution in [2.75, 3.05) is 39.9 Å². The Balaban J connectivity index is 1.46. The van der Waals surface area contributed by atoms with Crippen LogP contribution in [0.1, 0.15) is 56.9 Å². The Morgan fingerprint density at radius 3 is 2.32 bits per heavy atom. The number of ether oxygens (including phenoxy) is 3. The Hall–Kier alpha value is -4.46. The van der Waals surface area contributed by atoms with Gasteiger partial charge in [-0.3, -0.25) is 19.2 Å². The van der Waals surface area contributed by atoms with E-state index in [1.165, 1.54) is 27.8 Å². The number of nitrogens with zero attached hydrogens (tertiary/aromatic N) is 4. The fourth-order valence-corrected chi connectivity index (χ4v) is 4.21. The first-order valence-corrected chi connectivity index (χ1v) is 14.6. The summed E-state index contributed by atoms with van der Waals surface area (Å²) in [4.78, 5) is 70.0. The summed E-state index contributed by atoms with van der Waals surface area (Å²) in [5.41, 5.74) is -0.0674. The molecule has 1 saturated carbocycles. The molecule has 14 nitrogen and oxygen atoms in total. The van der Waals surface area contributed by atoms with Crippen LogP contribution in [0.15, 0.2) is 36.4 Å². The number of Topliss-reactive ketones (excluding diaryl/α,β-unsaturated/α-hetero) is 1. The number of carbonyl (C=O) groups is 5. The highest BCUT2D eigenvalue weighted by Crippen LogP contribution is 2.24. The minimum atomic E-state index is -1.07. The lowest BCUT2D eigenvalue weighted by molar-refractivity contribution is -0.158. The molecule has 0 bridgehead atoms. The van der Waals surface area contributed by atoms with Gasteiger partial charge in [0, 0.05) is 31.0 Å². The number of methoxy groups -OCH3 is 1. The maximum absolute atomic E-state index is 13.5. The van der Waals surface area contributed by atoms with Crippen LogP contribution >= 0.6 is 0 Å². The van der Waals surface area contributed by atoms with Gasteiger partial charge in [0.25, 0.3) is 5.91 Å². The Labute approximate surface area is 255 Å². The van der Waals surface area contributed by atoms with Gasteiger partial charge in [0.2, 0.25) is 11.8 Å². The number of piperazine rings is 1. The van der Waals surface area contributed by atoms with E-state index in [4.69, 9.17) is 19.0 Å². The van der Waals surface area contributed by atoms with Crippen LogP contribution in [-0.4, -0.2) is 102 Å². The predicted octanol–water partition coefficient (Wildman–Crippen LogP) is 2.29. The minimum absolute atomic E-state index is 0.00941. The molecule has 1 aromatic heterocycles. The summed E-state index contributed by atoms with van der Waals surface area (Å²) in [5, 5.41) is 8.54. The maximum Gasteiger partial charge on any atom is 0.528 e. The number of nitrogens with one attached hydrogen (secondary N) is 1. The molecule has 0 radical (unpaired) electrons. The topological polar surface area (TPSA) is 159 Å². The number of benzene rings is 1. The molecule has 44 heavy (non-hydrogen) atoms. The zero-order valence-electron chi connectivity index (χ0n) is 25.4. The monoisotopic (exact) mass is 613 g/mol. The third-order valence-electron chi connectivity index (χ3n) is 7.11. The second kappa shape index (κ2) is 14.3. The number of aromatic nitrogens is 2. The van der Waals surface area contributed by atoms with Crippen molar-refractivity contribution in [2.45, 2.75) is 58.6 Å². The summed E-state index contributed by atoms with van der Waals surface area (Å²) in [7, 11) is 1.24. The smallest absolute Gasteiger partial charge is 0.470 e. The zero-order valence-corrected chi connectivity index (χ0v) is 25.4. The summed E-state index contributed by atoms with van der Waals surface area (Å²) in [5.74, 6) is -1.57. The van der Waals surface area contributed by atoms with Crippen LogP contribution in [0.3, 0.4) is 0 Å². The first kappa shape index (κ1) is 32.5. The van der Waals surface area contributed by atoms with Gasteiger partial charge in [-0.2, -0.15) is 5.10 Å². The molecule has 1 aromatic carbocycles. The molecular formula is C30H39N5O9. The van der Waals surface area contributed by atoms with Crippen molar-refractivity contribution < 1.29 is 43.0 Å². The molecule has 1 N–H and O–H groups in total. The molecule has 1 aliphatic heterocycles. The van der Waals surface area contributed by atoms with Gasteiger partial charge in [-0.1, -0.05) is 39.0 Å². The highest BCUT2D eigenvalue weighted by Gasteiger charge is 2.33. The van der Waals surface area contributed by atoms with Gasteiger partial charge in [0.1, 0.15) is 18.8 Å². The van der Waals surface area contributed by atoms with Crippen molar-refractivity contribution in [3.05, 3.63) is 42.1 Å². The molecule has 1 atom stereocenters. The minimum Gasteiger partial charge on any atom is -0.470 e. The Kier molecular flexibility index (Phi) is 10.6. The number of ketones is 1. The van der Waals surface area contributed by atoms with Crippen molar-refractivity contribution in [2.24, 2.45) is 5.41 Å². The van der Waals surface area contributed by atoms with Gasteiger partial charge in [-0.05, 0) is 31.4 Å². The Morgan fingerprint density at radius 1 is 1.02 bits per heavy atom. The lowest BCUT2D eigenvalue weighted by Crippen LogP contribution is -2.55. The van der Waals surface area contributed by atoms with Crippen LogP contribution in [0.25, 0.3) is 5.69 Å². The first-order chi connectivity index (χ1) is 20.9. The second-order valence-corrected chi connectivity index (χ2v) is 11.6. The van der Waals surface area contributed by atoms with E-state index in [0.717, 1.165) is 12.8 Å². The van der Waals surface area contributed by atoms with Crippen molar-refractivity contribution in [3.63, 3.8) is 0 Å². The molecule has 1 saturated heterocycles. The number of rotatable bonds is 12. The molecule has 0 spiro atoms.